The van der Waals surface area contributed by atoms with Crippen molar-refractivity contribution in [3.05, 3.63) is 0 Å². The minimum absolute atomic E-state index is 0.423. The molecule has 0 saturated heterocycles. The zero-order valence-corrected chi connectivity index (χ0v) is 11.8. The molecule has 16 heavy (non-hydrogen) atoms. The highest BCUT2D eigenvalue weighted by molar-refractivity contribution is 5.03. The van der Waals surface area contributed by atoms with Gasteiger partial charge in [0.1, 0.15) is 0 Å². The molecule has 0 aromatic heterocycles. The molecule has 0 aliphatic heterocycles. The van der Waals surface area contributed by atoms with Gasteiger partial charge >= 0.3 is 0 Å². The molecule has 1 aliphatic carbocycles. The number of hydrogen-bond acceptors (Lipinski definition) is 2. The van der Waals surface area contributed by atoms with E-state index >= 15 is 0 Å². The number of rotatable bonds is 6. The third kappa shape index (κ3) is 2.43. The second-order valence-corrected chi connectivity index (χ2v) is 5.49. The highest BCUT2D eigenvalue weighted by Crippen LogP contribution is 2.40. The molecule has 1 N–H and O–H groups in total. The Morgan fingerprint density at radius 2 is 1.62 bits per heavy atom. The molecule has 1 fully saturated rings. The van der Waals surface area contributed by atoms with E-state index in [-0.39, 0.29) is 0 Å². The van der Waals surface area contributed by atoms with Crippen LogP contribution in [0.25, 0.3) is 0 Å². The smallest absolute Gasteiger partial charge is 0.0364 e. The van der Waals surface area contributed by atoms with Crippen molar-refractivity contribution >= 4 is 0 Å². The summed E-state index contributed by atoms with van der Waals surface area (Å²) in [6, 6.07) is 0.634. The van der Waals surface area contributed by atoms with Crippen molar-refractivity contribution in [2.24, 2.45) is 5.92 Å². The lowest BCUT2D eigenvalue weighted by Gasteiger charge is -2.48. The molecule has 0 heterocycles. The van der Waals surface area contributed by atoms with Gasteiger partial charge in [0.15, 0.2) is 0 Å². The molecule has 0 amide bonds. The topological polar surface area (TPSA) is 15.3 Å². The lowest BCUT2D eigenvalue weighted by atomic mass is 9.80. The van der Waals surface area contributed by atoms with Crippen molar-refractivity contribution < 1.29 is 0 Å². The van der Waals surface area contributed by atoms with E-state index in [1.807, 2.05) is 0 Å². The second-order valence-electron chi connectivity index (χ2n) is 5.49. The van der Waals surface area contributed by atoms with Crippen LogP contribution in [0.15, 0.2) is 0 Å². The predicted molar refractivity (Wildman–Crippen MR) is 71.8 cm³/mol. The molecule has 1 unspecified atom stereocenters. The summed E-state index contributed by atoms with van der Waals surface area (Å²) < 4.78 is 0. The van der Waals surface area contributed by atoms with Gasteiger partial charge < -0.3 is 5.32 Å². The summed E-state index contributed by atoms with van der Waals surface area (Å²) in [6.45, 7) is 11.7. The van der Waals surface area contributed by atoms with Gasteiger partial charge in [-0.2, -0.15) is 0 Å². The highest BCUT2D eigenvalue weighted by atomic mass is 15.2. The molecular weight excluding hydrogens is 196 g/mol. The summed E-state index contributed by atoms with van der Waals surface area (Å²) in [5, 5.41) is 3.59. The molecule has 0 radical (unpaired) electrons. The first-order chi connectivity index (χ1) is 7.62. The van der Waals surface area contributed by atoms with E-state index in [4.69, 9.17) is 0 Å². The van der Waals surface area contributed by atoms with Crippen LogP contribution in [-0.4, -0.2) is 36.6 Å². The van der Waals surface area contributed by atoms with E-state index in [2.05, 4.69) is 45.0 Å². The van der Waals surface area contributed by atoms with E-state index in [9.17, 15) is 0 Å². The largest absolute Gasteiger partial charge is 0.315 e. The normalized spacial score (nSPS) is 21.9. The molecule has 0 spiro atoms. The molecule has 1 rings (SSSR count). The van der Waals surface area contributed by atoms with E-state index < -0.39 is 0 Å². The highest BCUT2D eigenvalue weighted by Gasteiger charge is 2.45. The van der Waals surface area contributed by atoms with Crippen molar-refractivity contribution in [1.29, 1.82) is 0 Å². The first-order valence-electron chi connectivity index (χ1n) is 7.04. The number of nitrogens with one attached hydrogen (secondary N) is 1. The standard InChI is InChI=1S/C14H30N2/c1-6-16(7-2)14(10-8-9-11-14)13(15-5)12(3)4/h12-13,15H,6-11H2,1-5H3. The van der Waals surface area contributed by atoms with E-state index in [1.54, 1.807) is 0 Å². The fourth-order valence-corrected chi connectivity index (χ4v) is 3.89. The molecule has 96 valence electrons. The van der Waals surface area contributed by atoms with E-state index in [1.165, 1.54) is 38.8 Å². The van der Waals surface area contributed by atoms with Crippen molar-refractivity contribution in [2.45, 2.75) is 65.0 Å². The van der Waals surface area contributed by atoms with Gasteiger partial charge in [-0.05, 0) is 38.9 Å². The summed E-state index contributed by atoms with van der Waals surface area (Å²) in [4.78, 5) is 2.70. The zero-order valence-electron chi connectivity index (χ0n) is 11.8. The van der Waals surface area contributed by atoms with Gasteiger partial charge in [0, 0.05) is 11.6 Å². The average Bonchev–Trinajstić information content (AvgIpc) is 2.70. The third-order valence-electron chi connectivity index (χ3n) is 4.42. The molecule has 0 aromatic rings. The fourth-order valence-electron chi connectivity index (χ4n) is 3.89. The maximum Gasteiger partial charge on any atom is 0.0364 e. The van der Waals surface area contributed by atoms with Crippen LogP contribution >= 0.6 is 0 Å². The van der Waals surface area contributed by atoms with Crippen LogP contribution < -0.4 is 5.32 Å². The van der Waals surface area contributed by atoms with Crippen LogP contribution in [0.3, 0.4) is 0 Å². The fraction of sp³-hybridized carbons (Fsp3) is 1.00. The Morgan fingerprint density at radius 3 is 1.94 bits per heavy atom. The van der Waals surface area contributed by atoms with Crippen LogP contribution in [0.1, 0.15) is 53.4 Å². The minimum Gasteiger partial charge on any atom is -0.315 e. The third-order valence-corrected chi connectivity index (χ3v) is 4.42. The van der Waals surface area contributed by atoms with Gasteiger partial charge in [0.25, 0.3) is 0 Å². The molecule has 1 aliphatic rings. The Bertz CT molecular complexity index is 191. The molecule has 1 atom stereocenters. The second kappa shape index (κ2) is 6.02. The monoisotopic (exact) mass is 226 g/mol. The van der Waals surface area contributed by atoms with Gasteiger partial charge in [0.05, 0.1) is 0 Å². The lowest BCUT2D eigenvalue weighted by Crippen LogP contribution is -2.61. The van der Waals surface area contributed by atoms with E-state index in [0.717, 1.165) is 0 Å². The zero-order chi connectivity index (χ0) is 12.2. The van der Waals surface area contributed by atoms with Crippen molar-refractivity contribution in [2.75, 3.05) is 20.1 Å². The molecular formula is C14H30N2. The van der Waals surface area contributed by atoms with Crippen molar-refractivity contribution in [1.82, 2.24) is 10.2 Å². The van der Waals surface area contributed by atoms with Crippen LogP contribution in [0.4, 0.5) is 0 Å². The molecule has 0 bridgehead atoms. The summed E-state index contributed by atoms with van der Waals surface area (Å²) in [7, 11) is 2.13. The first-order valence-corrected chi connectivity index (χ1v) is 7.04. The summed E-state index contributed by atoms with van der Waals surface area (Å²) in [5.41, 5.74) is 0.423. The Labute approximate surface area is 102 Å². The SMILES string of the molecule is CCN(CC)C1(C(NC)C(C)C)CCCC1. The Kier molecular flexibility index (Phi) is 5.26. The van der Waals surface area contributed by atoms with Gasteiger partial charge in [0.2, 0.25) is 0 Å². The van der Waals surface area contributed by atoms with Crippen molar-refractivity contribution in [3.8, 4) is 0 Å². The summed E-state index contributed by atoms with van der Waals surface area (Å²) in [5.74, 6) is 0.712. The quantitative estimate of drug-likeness (QED) is 0.749. The molecule has 2 nitrogen and oxygen atoms in total. The van der Waals surface area contributed by atoms with Gasteiger partial charge in [-0.15, -0.1) is 0 Å². The number of hydrogen-bond donors (Lipinski definition) is 1. The van der Waals surface area contributed by atoms with Gasteiger partial charge in [-0.25, -0.2) is 0 Å². The van der Waals surface area contributed by atoms with Gasteiger partial charge in [-0.3, -0.25) is 4.90 Å². The van der Waals surface area contributed by atoms with E-state index in [0.29, 0.717) is 17.5 Å². The average molecular weight is 226 g/mol. The maximum absolute atomic E-state index is 3.59. The molecule has 0 aromatic carbocycles. The van der Waals surface area contributed by atoms with Crippen molar-refractivity contribution in [3.63, 3.8) is 0 Å². The summed E-state index contributed by atoms with van der Waals surface area (Å²) >= 11 is 0. The van der Waals surface area contributed by atoms with Crippen LogP contribution in [0.5, 0.6) is 0 Å². The predicted octanol–water partition coefficient (Wildman–Crippen LogP) is 2.89. The van der Waals surface area contributed by atoms with Crippen LogP contribution in [0, 0.1) is 5.92 Å². The Hall–Kier alpha value is -0.0800. The Balaban J connectivity index is 2.94. The maximum atomic E-state index is 3.59. The number of nitrogens with zero attached hydrogens (tertiary/aromatic N) is 1. The number of likely N-dealkylation sites (N-methyl/N-ethyl adjacent to an activating group) is 2. The lowest BCUT2D eigenvalue weighted by molar-refractivity contribution is 0.0484. The minimum atomic E-state index is 0.423. The Morgan fingerprint density at radius 1 is 1.12 bits per heavy atom. The van der Waals surface area contributed by atoms with Gasteiger partial charge in [-0.1, -0.05) is 40.5 Å². The molecule has 1 saturated carbocycles. The first kappa shape index (κ1) is 14.0. The van der Waals surface area contributed by atoms with Crippen LogP contribution in [0.2, 0.25) is 0 Å². The van der Waals surface area contributed by atoms with Crippen LogP contribution in [-0.2, 0) is 0 Å². The summed E-state index contributed by atoms with van der Waals surface area (Å²) in [6.07, 6.45) is 5.56. The molecule has 2 heteroatoms.